The van der Waals surface area contributed by atoms with Gasteiger partial charge in [0.15, 0.2) is 0 Å². The van der Waals surface area contributed by atoms with Crippen LogP contribution in [-0.2, 0) is 0 Å². The molecule has 0 spiro atoms. The summed E-state index contributed by atoms with van der Waals surface area (Å²) in [5, 5.41) is 5.06. The Hall–Kier alpha value is -6.94. The molecule has 0 aliphatic carbocycles. The van der Waals surface area contributed by atoms with Gasteiger partial charge in [0, 0.05) is 42.9 Å². The van der Waals surface area contributed by atoms with Crippen LogP contribution in [0.5, 0.6) is 0 Å². The zero-order valence-corrected chi connectivity index (χ0v) is 30.9. The van der Waals surface area contributed by atoms with E-state index in [1.165, 1.54) is 53.2 Å². The zero-order chi connectivity index (χ0) is 36.6. The second-order valence-corrected chi connectivity index (χ2v) is 14.8. The molecule has 3 heteroatoms. The van der Waals surface area contributed by atoms with Crippen molar-refractivity contribution in [2.45, 2.75) is 0 Å². The molecular formula is C52H36N2S. The minimum absolute atomic E-state index is 1.09. The maximum Gasteiger partial charge on any atom is 0.0716 e. The van der Waals surface area contributed by atoms with Gasteiger partial charge in [-0.05, 0) is 93.7 Å². The van der Waals surface area contributed by atoms with Crippen LogP contribution < -0.4 is 9.80 Å². The SMILES string of the molecule is c1ccc(-c2cccc(N(c3ccccc3)c3cc4sc5c6ccccc6ccc5c4cc3N(c3ccccc3)c3cccc(-c4ccccc4)c3)c2)cc1. The summed E-state index contributed by atoms with van der Waals surface area (Å²) in [5.74, 6) is 0. The third-order valence-corrected chi connectivity index (χ3v) is 11.6. The summed E-state index contributed by atoms with van der Waals surface area (Å²) in [7, 11) is 0. The number of fused-ring (bicyclic) bond motifs is 5. The van der Waals surface area contributed by atoms with E-state index in [0.29, 0.717) is 0 Å². The number of rotatable bonds is 8. The van der Waals surface area contributed by atoms with Gasteiger partial charge in [0.05, 0.1) is 11.4 Å². The lowest BCUT2D eigenvalue weighted by molar-refractivity contribution is 1.23. The molecule has 0 atom stereocenters. The minimum Gasteiger partial charge on any atom is -0.308 e. The highest BCUT2D eigenvalue weighted by molar-refractivity contribution is 7.26. The fourth-order valence-electron chi connectivity index (χ4n) is 7.80. The van der Waals surface area contributed by atoms with E-state index >= 15 is 0 Å². The molecule has 2 nitrogen and oxygen atoms in total. The summed E-state index contributed by atoms with van der Waals surface area (Å²) in [5.41, 5.74) is 11.3. The topological polar surface area (TPSA) is 6.48 Å². The Morgan fingerprint density at radius 3 is 1.31 bits per heavy atom. The summed E-state index contributed by atoms with van der Waals surface area (Å²) in [6.07, 6.45) is 0. The van der Waals surface area contributed by atoms with Gasteiger partial charge in [0.1, 0.15) is 0 Å². The standard InChI is InChI=1S/C52H36N2S/c1-5-17-37(18-6-1)40-22-15-28-44(33-40)53(42-24-9-3-10-25-42)49-35-48-47-32-31-39-21-13-14-30-46(39)52(47)55-51(48)36-50(49)54(43-26-11-4-12-27-43)45-29-16-23-41(34-45)38-19-7-2-8-20-38/h1-36H. The van der Waals surface area contributed by atoms with Gasteiger partial charge in [-0.1, -0.05) is 158 Å². The van der Waals surface area contributed by atoms with Crippen LogP contribution in [-0.4, -0.2) is 0 Å². The summed E-state index contributed by atoms with van der Waals surface area (Å²) in [6.45, 7) is 0. The van der Waals surface area contributed by atoms with E-state index in [0.717, 1.165) is 34.1 Å². The van der Waals surface area contributed by atoms with Gasteiger partial charge in [0.25, 0.3) is 0 Å². The average molecular weight is 721 g/mol. The number of hydrogen-bond acceptors (Lipinski definition) is 3. The quantitative estimate of drug-likeness (QED) is 0.154. The van der Waals surface area contributed by atoms with Crippen LogP contribution in [0.15, 0.2) is 218 Å². The van der Waals surface area contributed by atoms with Crippen molar-refractivity contribution in [3.8, 4) is 22.3 Å². The van der Waals surface area contributed by atoms with E-state index in [2.05, 4.69) is 228 Å². The first-order chi connectivity index (χ1) is 27.3. The van der Waals surface area contributed by atoms with E-state index < -0.39 is 0 Å². The largest absolute Gasteiger partial charge is 0.308 e. The number of anilines is 6. The van der Waals surface area contributed by atoms with Crippen LogP contribution in [0.1, 0.15) is 0 Å². The second kappa shape index (κ2) is 14.1. The molecule has 9 aromatic carbocycles. The van der Waals surface area contributed by atoms with Crippen molar-refractivity contribution in [3.63, 3.8) is 0 Å². The first kappa shape index (κ1) is 32.7. The molecular weight excluding hydrogens is 685 g/mol. The lowest BCUT2D eigenvalue weighted by Crippen LogP contribution is -2.17. The lowest BCUT2D eigenvalue weighted by Gasteiger charge is -2.33. The highest BCUT2D eigenvalue weighted by Gasteiger charge is 2.25. The van der Waals surface area contributed by atoms with Crippen LogP contribution >= 0.6 is 11.3 Å². The lowest BCUT2D eigenvalue weighted by atomic mass is 10.0. The first-order valence-electron chi connectivity index (χ1n) is 18.7. The van der Waals surface area contributed by atoms with Crippen LogP contribution in [0.4, 0.5) is 34.1 Å². The number of nitrogens with zero attached hydrogens (tertiary/aromatic N) is 2. The molecule has 10 rings (SSSR count). The van der Waals surface area contributed by atoms with Crippen LogP contribution in [0.3, 0.4) is 0 Å². The molecule has 0 amide bonds. The molecule has 0 radical (unpaired) electrons. The maximum atomic E-state index is 2.43. The van der Waals surface area contributed by atoms with Gasteiger partial charge >= 0.3 is 0 Å². The van der Waals surface area contributed by atoms with Crippen molar-refractivity contribution in [2.24, 2.45) is 0 Å². The third kappa shape index (κ3) is 6.11. The molecule has 0 saturated heterocycles. The second-order valence-electron chi connectivity index (χ2n) is 13.8. The molecule has 0 aliphatic heterocycles. The fourth-order valence-corrected chi connectivity index (χ4v) is 9.06. The van der Waals surface area contributed by atoms with Gasteiger partial charge < -0.3 is 9.80 Å². The van der Waals surface area contributed by atoms with E-state index in [1.807, 2.05) is 11.3 Å². The first-order valence-corrected chi connectivity index (χ1v) is 19.5. The predicted octanol–water partition coefficient (Wildman–Crippen LogP) is 15.5. The monoisotopic (exact) mass is 720 g/mol. The molecule has 0 aliphatic rings. The van der Waals surface area contributed by atoms with E-state index in [1.54, 1.807) is 0 Å². The normalized spacial score (nSPS) is 11.3. The maximum absolute atomic E-state index is 2.43. The Morgan fingerprint density at radius 2 is 0.745 bits per heavy atom. The number of hydrogen-bond donors (Lipinski definition) is 0. The van der Waals surface area contributed by atoms with Crippen molar-refractivity contribution in [2.75, 3.05) is 9.80 Å². The van der Waals surface area contributed by atoms with Crippen LogP contribution in [0.25, 0.3) is 53.2 Å². The van der Waals surface area contributed by atoms with E-state index in [-0.39, 0.29) is 0 Å². The van der Waals surface area contributed by atoms with Crippen molar-refractivity contribution in [1.29, 1.82) is 0 Å². The molecule has 1 aromatic heterocycles. The summed E-state index contributed by atoms with van der Waals surface area (Å²) < 4.78 is 2.56. The Kier molecular flexibility index (Phi) is 8.40. The molecule has 55 heavy (non-hydrogen) atoms. The smallest absolute Gasteiger partial charge is 0.0716 e. The van der Waals surface area contributed by atoms with Crippen molar-refractivity contribution >= 4 is 76.4 Å². The molecule has 10 aromatic rings. The Labute approximate surface area is 325 Å². The Balaban J connectivity index is 1.29. The van der Waals surface area contributed by atoms with Crippen LogP contribution in [0, 0.1) is 0 Å². The highest BCUT2D eigenvalue weighted by Crippen LogP contribution is 2.51. The van der Waals surface area contributed by atoms with Crippen molar-refractivity contribution < 1.29 is 0 Å². The predicted molar refractivity (Wildman–Crippen MR) is 237 cm³/mol. The molecule has 1 heterocycles. The molecule has 260 valence electrons. The Bertz CT molecular complexity index is 2920. The van der Waals surface area contributed by atoms with Gasteiger partial charge in [0.2, 0.25) is 0 Å². The zero-order valence-electron chi connectivity index (χ0n) is 30.1. The molecule has 0 saturated carbocycles. The van der Waals surface area contributed by atoms with Crippen molar-refractivity contribution in [1.82, 2.24) is 0 Å². The summed E-state index contributed by atoms with van der Waals surface area (Å²) >= 11 is 1.88. The molecule has 0 fully saturated rings. The number of thiophene rings is 1. The summed E-state index contributed by atoms with van der Waals surface area (Å²) in [4.78, 5) is 4.86. The average Bonchev–Trinajstić information content (AvgIpc) is 3.63. The molecule has 0 bridgehead atoms. The fraction of sp³-hybridized carbons (Fsp3) is 0. The van der Waals surface area contributed by atoms with Gasteiger partial charge in [-0.15, -0.1) is 11.3 Å². The van der Waals surface area contributed by atoms with Gasteiger partial charge in [-0.25, -0.2) is 0 Å². The molecule has 0 N–H and O–H groups in total. The van der Waals surface area contributed by atoms with Gasteiger partial charge in [-0.2, -0.15) is 0 Å². The van der Waals surface area contributed by atoms with E-state index in [9.17, 15) is 0 Å². The number of benzene rings is 9. The summed E-state index contributed by atoms with van der Waals surface area (Å²) in [6, 6.07) is 78.9. The highest BCUT2D eigenvalue weighted by atomic mass is 32.1. The third-order valence-electron chi connectivity index (χ3n) is 10.4. The minimum atomic E-state index is 1.09. The van der Waals surface area contributed by atoms with Crippen LogP contribution in [0.2, 0.25) is 0 Å². The molecule has 0 unspecified atom stereocenters. The van der Waals surface area contributed by atoms with Gasteiger partial charge in [-0.3, -0.25) is 0 Å². The van der Waals surface area contributed by atoms with Crippen molar-refractivity contribution in [3.05, 3.63) is 218 Å². The number of para-hydroxylation sites is 2. The van der Waals surface area contributed by atoms with E-state index in [4.69, 9.17) is 0 Å². The Morgan fingerprint density at radius 1 is 0.291 bits per heavy atom.